The van der Waals surface area contributed by atoms with Crippen LogP contribution in [0.1, 0.15) is 39.5 Å². The van der Waals surface area contributed by atoms with Crippen molar-refractivity contribution in [1.82, 2.24) is 5.32 Å². The first-order valence-electron chi connectivity index (χ1n) is 6.76. The molecule has 0 aromatic heterocycles. The number of hydrogen-bond acceptors (Lipinski definition) is 3. The number of rotatable bonds is 5. The Balaban J connectivity index is 1.80. The van der Waals surface area contributed by atoms with Crippen molar-refractivity contribution in [3.63, 3.8) is 0 Å². The van der Waals surface area contributed by atoms with Crippen molar-refractivity contribution in [2.75, 3.05) is 19.8 Å². The molecule has 4 unspecified atom stereocenters. The summed E-state index contributed by atoms with van der Waals surface area (Å²) in [5.41, 5.74) is 0. The lowest BCUT2D eigenvalue weighted by atomic mass is 9.95. The monoisotopic (exact) mass is 227 g/mol. The van der Waals surface area contributed by atoms with E-state index in [9.17, 15) is 0 Å². The minimum absolute atomic E-state index is 0.427. The van der Waals surface area contributed by atoms with Crippen LogP contribution in [0, 0.1) is 5.92 Å². The topological polar surface area (TPSA) is 30.5 Å². The number of hydrogen-bond donors (Lipinski definition) is 1. The fraction of sp³-hybridized carbons (Fsp3) is 1.00. The third kappa shape index (κ3) is 2.96. The molecule has 2 fully saturated rings. The molecular weight excluding hydrogens is 202 g/mol. The predicted molar refractivity (Wildman–Crippen MR) is 64.6 cm³/mol. The summed E-state index contributed by atoms with van der Waals surface area (Å²) in [6.45, 7) is 7.34. The molecule has 0 aromatic carbocycles. The Hall–Kier alpha value is -0.120. The van der Waals surface area contributed by atoms with Crippen molar-refractivity contribution in [3.8, 4) is 0 Å². The second kappa shape index (κ2) is 5.99. The molecule has 16 heavy (non-hydrogen) atoms. The number of ether oxygens (including phenoxy) is 2. The first-order valence-corrected chi connectivity index (χ1v) is 6.76. The summed E-state index contributed by atoms with van der Waals surface area (Å²) in [6.07, 6.45) is 5.26. The minimum Gasteiger partial charge on any atom is -0.381 e. The van der Waals surface area contributed by atoms with Crippen LogP contribution in [0.3, 0.4) is 0 Å². The second-order valence-electron chi connectivity index (χ2n) is 5.15. The highest BCUT2D eigenvalue weighted by Crippen LogP contribution is 2.21. The molecule has 0 amide bonds. The van der Waals surface area contributed by atoms with Crippen LogP contribution in [0.4, 0.5) is 0 Å². The Bertz CT molecular complexity index is 198. The highest BCUT2D eigenvalue weighted by Gasteiger charge is 2.29. The zero-order chi connectivity index (χ0) is 11.4. The highest BCUT2D eigenvalue weighted by molar-refractivity contribution is 4.84. The van der Waals surface area contributed by atoms with Gasteiger partial charge >= 0.3 is 0 Å². The molecule has 2 rings (SSSR count). The molecule has 2 saturated heterocycles. The molecular formula is C13H25NO2. The van der Waals surface area contributed by atoms with Crippen molar-refractivity contribution < 1.29 is 9.47 Å². The molecule has 0 aliphatic carbocycles. The Morgan fingerprint density at radius 2 is 2.19 bits per heavy atom. The fourth-order valence-electron chi connectivity index (χ4n) is 2.90. The van der Waals surface area contributed by atoms with Crippen LogP contribution in [0.2, 0.25) is 0 Å². The Morgan fingerprint density at radius 1 is 1.31 bits per heavy atom. The van der Waals surface area contributed by atoms with Gasteiger partial charge in [0.2, 0.25) is 0 Å². The minimum atomic E-state index is 0.427. The van der Waals surface area contributed by atoms with Crippen LogP contribution in [-0.2, 0) is 9.47 Å². The molecule has 0 radical (unpaired) electrons. The number of nitrogens with one attached hydrogen (secondary N) is 1. The Labute approximate surface area is 98.9 Å². The average Bonchev–Trinajstić information content (AvgIpc) is 2.96. The van der Waals surface area contributed by atoms with Crippen LogP contribution < -0.4 is 5.32 Å². The van der Waals surface area contributed by atoms with Gasteiger partial charge in [-0.2, -0.15) is 0 Å². The lowest BCUT2D eigenvalue weighted by Gasteiger charge is -2.29. The molecule has 3 heteroatoms. The van der Waals surface area contributed by atoms with E-state index in [2.05, 4.69) is 19.2 Å². The molecule has 2 aliphatic heterocycles. The summed E-state index contributed by atoms with van der Waals surface area (Å²) >= 11 is 0. The molecule has 0 bridgehead atoms. The van der Waals surface area contributed by atoms with Crippen molar-refractivity contribution in [3.05, 3.63) is 0 Å². The molecule has 0 aromatic rings. The molecule has 2 aliphatic rings. The second-order valence-corrected chi connectivity index (χ2v) is 5.15. The third-order valence-electron chi connectivity index (χ3n) is 3.97. The van der Waals surface area contributed by atoms with Crippen LogP contribution in [0.5, 0.6) is 0 Å². The largest absolute Gasteiger partial charge is 0.381 e. The molecule has 0 saturated carbocycles. The van der Waals surface area contributed by atoms with Gasteiger partial charge in [-0.25, -0.2) is 0 Å². The first-order chi connectivity index (χ1) is 7.81. The lowest BCUT2D eigenvalue weighted by Crippen LogP contribution is -2.46. The van der Waals surface area contributed by atoms with E-state index >= 15 is 0 Å². The average molecular weight is 227 g/mol. The summed E-state index contributed by atoms with van der Waals surface area (Å²) in [5.74, 6) is 0.703. The zero-order valence-corrected chi connectivity index (χ0v) is 10.6. The van der Waals surface area contributed by atoms with Gasteiger partial charge in [0.05, 0.1) is 12.7 Å². The van der Waals surface area contributed by atoms with E-state index in [0.29, 0.717) is 24.1 Å². The molecule has 1 N–H and O–H groups in total. The van der Waals surface area contributed by atoms with Gasteiger partial charge in [-0.05, 0) is 38.5 Å². The van der Waals surface area contributed by atoms with E-state index in [1.165, 1.54) is 25.7 Å². The quantitative estimate of drug-likeness (QED) is 0.779. The highest BCUT2D eigenvalue weighted by atomic mass is 16.5. The van der Waals surface area contributed by atoms with Gasteiger partial charge in [-0.3, -0.25) is 0 Å². The van der Waals surface area contributed by atoms with Crippen LogP contribution in [0.15, 0.2) is 0 Å². The van der Waals surface area contributed by atoms with E-state index in [0.717, 1.165) is 19.8 Å². The van der Waals surface area contributed by atoms with Crippen molar-refractivity contribution in [2.45, 2.75) is 57.7 Å². The molecule has 2 heterocycles. The van der Waals surface area contributed by atoms with Crippen molar-refractivity contribution in [2.24, 2.45) is 5.92 Å². The Kier molecular flexibility index (Phi) is 4.62. The van der Waals surface area contributed by atoms with E-state index in [4.69, 9.17) is 9.47 Å². The van der Waals surface area contributed by atoms with E-state index in [1.54, 1.807) is 0 Å². The smallest absolute Gasteiger partial charge is 0.0726 e. The van der Waals surface area contributed by atoms with Gasteiger partial charge in [0.25, 0.3) is 0 Å². The normalized spacial score (nSPS) is 34.1. The fourth-order valence-corrected chi connectivity index (χ4v) is 2.90. The van der Waals surface area contributed by atoms with Crippen molar-refractivity contribution >= 4 is 0 Å². The van der Waals surface area contributed by atoms with Crippen LogP contribution in [-0.4, -0.2) is 38.0 Å². The summed E-state index contributed by atoms with van der Waals surface area (Å²) in [4.78, 5) is 0. The standard InChI is InChI=1S/C13H25NO2/c1-3-12(11-6-8-15-9-11)14-10(2)13-5-4-7-16-13/h10-14H,3-9H2,1-2H3. The van der Waals surface area contributed by atoms with E-state index in [1.807, 2.05) is 0 Å². The third-order valence-corrected chi connectivity index (χ3v) is 3.97. The van der Waals surface area contributed by atoms with Crippen LogP contribution >= 0.6 is 0 Å². The van der Waals surface area contributed by atoms with Gasteiger partial charge in [-0.1, -0.05) is 6.92 Å². The van der Waals surface area contributed by atoms with E-state index in [-0.39, 0.29) is 0 Å². The van der Waals surface area contributed by atoms with Gasteiger partial charge in [0.15, 0.2) is 0 Å². The molecule has 3 nitrogen and oxygen atoms in total. The molecule has 0 spiro atoms. The van der Waals surface area contributed by atoms with E-state index < -0.39 is 0 Å². The maximum absolute atomic E-state index is 5.73. The zero-order valence-electron chi connectivity index (χ0n) is 10.6. The summed E-state index contributed by atoms with van der Waals surface area (Å²) < 4.78 is 11.2. The van der Waals surface area contributed by atoms with Crippen molar-refractivity contribution in [1.29, 1.82) is 0 Å². The lowest BCUT2D eigenvalue weighted by molar-refractivity contribution is 0.0747. The SMILES string of the molecule is CCC(NC(C)C1CCCO1)C1CCOC1. The predicted octanol–water partition coefficient (Wildman–Crippen LogP) is 1.96. The first kappa shape index (κ1) is 12.3. The Morgan fingerprint density at radius 3 is 2.75 bits per heavy atom. The van der Waals surface area contributed by atoms with Crippen LogP contribution in [0.25, 0.3) is 0 Å². The van der Waals surface area contributed by atoms with Gasteiger partial charge in [0.1, 0.15) is 0 Å². The summed E-state index contributed by atoms with van der Waals surface area (Å²) in [7, 11) is 0. The maximum atomic E-state index is 5.73. The molecule has 4 atom stereocenters. The summed E-state index contributed by atoms with van der Waals surface area (Å²) in [5, 5.41) is 3.75. The summed E-state index contributed by atoms with van der Waals surface area (Å²) in [6, 6.07) is 1.08. The van der Waals surface area contributed by atoms with Gasteiger partial charge < -0.3 is 14.8 Å². The van der Waals surface area contributed by atoms with Gasteiger partial charge in [0, 0.05) is 25.3 Å². The maximum Gasteiger partial charge on any atom is 0.0726 e. The molecule has 94 valence electrons. The van der Waals surface area contributed by atoms with Gasteiger partial charge in [-0.15, -0.1) is 0 Å².